The molecule has 2 aliphatic rings. The number of piperidine rings is 1. The van der Waals surface area contributed by atoms with E-state index in [4.69, 9.17) is 0 Å². The molecule has 17 heavy (non-hydrogen) atoms. The van der Waals surface area contributed by atoms with Crippen LogP contribution in [0.3, 0.4) is 0 Å². The van der Waals surface area contributed by atoms with Crippen molar-refractivity contribution in [1.29, 1.82) is 0 Å². The number of hydrogen-bond donors (Lipinski definition) is 1. The van der Waals surface area contributed by atoms with Crippen LogP contribution in [0.5, 0.6) is 0 Å². The topological polar surface area (TPSA) is 12.0 Å². The Labute approximate surface area is 105 Å². The zero-order valence-corrected chi connectivity index (χ0v) is 10.6. The summed E-state index contributed by atoms with van der Waals surface area (Å²) in [4.78, 5) is 0. The van der Waals surface area contributed by atoms with Crippen LogP contribution in [0.15, 0.2) is 24.3 Å². The molecule has 1 N–H and O–H groups in total. The molecule has 1 unspecified atom stereocenters. The number of hydrogen-bond acceptors (Lipinski definition) is 1. The second-order valence-electron chi connectivity index (χ2n) is 5.79. The summed E-state index contributed by atoms with van der Waals surface area (Å²) < 4.78 is 0. The van der Waals surface area contributed by atoms with Gasteiger partial charge in [0.1, 0.15) is 0 Å². The van der Waals surface area contributed by atoms with Crippen molar-refractivity contribution in [3.8, 4) is 0 Å². The molecule has 0 bridgehead atoms. The largest absolute Gasteiger partial charge is 0.316 e. The van der Waals surface area contributed by atoms with Crippen LogP contribution in [-0.4, -0.2) is 13.1 Å². The Morgan fingerprint density at radius 2 is 1.82 bits per heavy atom. The molecule has 0 aromatic heterocycles. The van der Waals surface area contributed by atoms with Crippen LogP contribution in [0.25, 0.3) is 0 Å². The molecule has 3 rings (SSSR count). The van der Waals surface area contributed by atoms with Crippen LogP contribution in [0.4, 0.5) is 0 Å². The Balaban J connectivity index is 1.59. The molecule has 1 heteroatoms. The van der Waals surface area contributed by atoms with Gasteiger partial charge in [-0.3, -0.25) is 0 Å². The summed E-state index contributed by atoms with van der Waals surface area (Å²) in [6.07, 6.45) is 8.26. The molecule has 1 aromatic carbocycles. The van der Waals surface area contributed by atoms with E-state index in [-0.39, 0.29) is 0 Å². The Morgan fingerprint density at radius 1 is 1.00 bits per heavy atom. The van der Waals surface area contributed by atoms with Crippen molar-refractivity contribution >= 4 is 0 Å². The van der Waals surface area contributed by atoms with Gasteiger partial charge in [0, 0.05) is 0 Å². The van der Waals surface area contributed by atoms with Crippen LogP contribution < -0.4 is 5.32 Å². The van der Waals surface area contributed by atoms with E-state index in [1.807, 2.05) is 0 Å². The van der Waals surface area contributed by atoms with Crippen molar-refractivity contribution in [1.82, 2.24) is 5.32 Å². The maximum absolute atomic E-state index is 3.50. The highest BCUT2D eigenvalue weighted by atomic mass is 14.9. The average Bonchev–Trinajstić information content (AvgIpc) is 2.31. The first kappa shape index (κ1) is 11.3. The molecule has 0 radical (unpaired) electrons. The molecular weight excluding hydrogens is 206 g/mol. The van der Waals surface area contributed by atoms with E-state index in [9.17, 15) is 0 Å². The third kappa shape index (κ3) is 2.71. The summed E-state index contributed by atoms with van der Waals surface area (Å²) in [7, 11) is 0. The monoisotopic (exact) mass is 229 g/mol. The molecule has 1 aliphatic heterocycles. The van der Waals surface area contributed by atoms with Gasteiger partial charge in [0.2, 0.25) is 0 Å². The summed E-state index contributed by atoms with van der Waals surface area (Å²) in [5.41, 5.74) is 3.10. The Bertz CT molecular complexity index is 344. The van der Waals surface area contributed by atoms with Crippen molar-refractivity contribution in [2.75, 3.05) is 13.1 Å². The van der Waals surface area contributed by atoms with Crippen molar-refractivity contribution in [3.63, 3.8) is 0 Å². The third-order valence-corrected chi connectivity index (χ3v) is 4.48. The fraction of sp³-hybridized carbons (Fsp3) is 0.625. The summed E-state index contributed by atoms with van der Waals surface area (Å²) in [5.74, 6) is 1.73. The predicted molar refractivity (Wildman–Crippen MR) is 72.3 cm³/mol. The van der Waals surface area contributed by atoms with Gasteiger partial charge in [-0.1, -0.05) is 30.7 Å². The van der Waals surface area contributed by atoms with Crippen LogP contribution in [0, 0.1) is 5.92 Å². The molecule has 1 aliphatic carbocycles. The lowest BCUT2D eigenvalue weighted by Gasteiger charge is -2.26. The van der Waals surface area contributed by atoms with Gasteiger partial charge in [-0.15, -0.1) is 0 Å². The van der Waals surface area contributed by atoms with Crippen molar-refractivity contribution in [3.05, 3.63) is 35.4 Å². The van der Waals surface area contributed by atoms with Crippen molar-refractivity contribution in [2.24, 2.45) is 5.92 Å². The standard InChI is InChI=1S/C16H23N/c1-4-15(5-1)16-8-6-13(7-9-16)11-14-3-2-10-17-12-14/h6-9,14-15,17H,1-5,10-12H2. The fourth-order valence-electron chi connectivity index (χ4n) is 3.10. The van der Waals surface area contributed by atoms with Crippen molar-refractivity contribution in [2.45, 2.75) is 44.4 Å². The van der Waals surface area contributed by atoms with Gasteiger partial charge in [0.15, 0.2) is 0 Å². The zero-order chi connectivity index (χ0) is 11.5. The van der Waals surface area contributed by atoms with E-state index in [1.165, 1.54) is 57.2 Å². The van der Waals surface area contributed by atoms with Gasteiger partial charge in [-0.25, -0.2) is 0 Å². The molecule has 1 nitrogen and oxygen atoms in total. The Kier molecular flexibility index (Phi) is 3.46. The lowest BCUT2D eigenvalue weighted by Crippen LogP contribution is -2.30. The van der Waals surface area contributed by atoms with Gasteiger partial charge in [0.05, 0.1) is 0 Å². The molecule has 2 fully saturated rings. The van der Waals surface area contributed by atoms with Crippen LogP contribution in [-0.2, 0) is 6.42 Å². The normalized spacial score (nSPS) is 25.5. The average molecular weight is 229 g/mol. The molecule has 1 saturated carbocycles. The van der Waals surface area contributed by atoms with Gasteiger partial charge in [-0.2, -0.15) is 0 Å². The van der Waals surface area contributed by atoms with Crippen LogP contribution in [0.1, 0.15) is 49.1 Å². The van der Waals surface area contributed by atoms with E-state index in [0.29, 0.717) is 0 Å². The molecule has 1 heterocycles. The Morgan fingerprint density at radius 3 is 2.41 bits per heavy atom. The minimum Gasteiger partial charge on any atom is -0.316 e. The molecule has 1 aromatic rings. The first-order valence-electron chi connectivity index (χ1n) is 7.21. The van der Waals surface area contributed by atoms with Crippen LogP contribution >= 0.6 is 0 Å². The van der Waals surface area contributed by atoms with E-state index < -0.39 is 0 Å². The summed E-state index contributed by atoms with van der Waals surface area (Å²) in [6.45, 7) is 2.43. The first-order chi connectivity index (χ1) is 8.42. The molecular formula is C16H23N. The first-order valence-corrected chi connectivity index (χ1v) is 7.21. The minimum atomic E-state index is 0.860. The fourth-order valence-corrected chi connectivity index (χ4v) is 3.10. The second kappa shape index (κ2) is 5.22. The van der Waals surface area contributed by atoms with Gasteiger partial charge < -0.3 is 5.32 Å². The number of rotatable bonds is 3. The Hall–Kier alpha value is -0.820. The van der Waals surface area contributed by atoms with E-state index in [0.717, 1.165) is 11.8 Å². The highest BCUT2D eigenvalue weighted by molar-refractivity contribution is 5.26. The number of benzene rings is 1. The van der Waals surface area contributed by atoms with Gasteiger partial charge in [0.25, 0.3) is 0 Å². The molecule has 0 spiro atoms. The minimum absolute atomic E-state index is 0.860. The van der Waals surface area contributed by atoms with Crippen LogP contribution in [0.2, 0.25) is 0 Å². The quantitative estimate of drug-likeness (QED) is 0.836. The maximum atomic E-state index is 3.50. The summed E-state index contributed by atoms with van der Waals surface area (Å²) >= 11 is 0. The lowest BCUT2D eigenvalue weighted by atomic mass is 9.79. The SMILES string of the molecule is c1cc(C2CCC2)ccc1CC1CCCNC1. The van der Waals surface area contributed by atoms with Gasteiger partial charge in [-0.05, 0) is 68.2 Å². The molecule has 1 saturated heterocycles. The summed E-state index contributed by atoms with van der Waals surface area (Å²) in [5, 5.41) is 3.50. The van der Waals surface area contributed by atoms with Gasteiger partial charge >= 0.3 is 0 Å². The highest BCUT2D eigenvalue weighted by Crippen LogP contribution is 2.36. The molecule has 92 valence electrons. The second-order valence-corrected chi connectivity index (χ2v) is 5.79. The maximum Gasteiger partial charge on any atom is -0.00173 e. The summed E-state index contributed by atoms with van der Waals surface area (Å²) in [6, 6.07) is 9.47. The third-order valence-electron chi connectivity index (χ3n) is 4.48. The van der Waals surface area contributed by atoms with E-state index in [2.05, 4.69) is 29.6 Å². The number of nitrogens with one attached hydrogen (secondary N) is 1. The highest BCUT2D eigenvalue weighted by Gasteiger charge is 2.19. The molecule has 0 amide bonds. The van der Waals surface area contributed by atoms with E-state index >= 15 is 0 Å². The predicted octanol–water partition coefficient (Wildman–Crippen LogP) is 3.50. The lowest BCUT2D eigenvalue weighted by molar-refractivity contribution is 0.376. The van der Waals surface area contributed by atoms with Crippen molar-refractivity contribution < 1.29 is 0 Å². The molecule has 1 atom stereocenters. The smallest absolute Gasteiger partial charge is 0.00173 e. The van der Waals surface area contributed by atoms with E-state index in [1.54, 1.807) is 5.56 Å². The zero-order valence-electron chi connectivity index (χ0n) is 10.6.